The highest BCUT2D eigenvalue weighted by atomic mass is 28.4. The number of nitrogens with zero attached hydrogens (tertiary/aromatic N) is 3. The zero-order valence-corrected chi connectivity index (χ0v) is 37.9. The normalized spacial score (nSPS) is 13.4. The smallest absolute Gasteiger partial charge is 0.420 e. The largest absolute Gasteiger partial charge is 0.490 e. The van der Waals surface area contributed by atoms with Crippen molar-refractivity contribution in [1.29, 1.82) is 0 Å². The number of alkyl carbamates (subject to hydrolysis) is 1. The van der Waals surface area contributed by atoms with E-state index in [0.29, 0.717) is 36.6 Å². The molecule has 0 bridgehead atoms. The molecule has 1 atom stereocenters. The Kier molecular flexibility index (Phi) is 15.8. The number of nitrogens with one attached hydrogen (secondary N) is 1. The van der Waals surface area contributed by atoms with Gasteiger partial charge in [0.2, 0.25) is 0 Å². The molecule has 0 saturated heterocycles. The van der Waals surface area contributed by atoms with Crippen molar-refractivity contribution in [3.05, 3.63) is 36.0 Å². The number of benzene rings is 1. The molecule has 2 rings (SSSR count). The van der Waals surface area contributed by atoms with Crippen LogP contribution in [0.15, 0.2) is 30.3 Å². The number of aromatic nitrogens is 2. The standard InChI is InChI=1S/C41H68N4O10Si/c1-37(2,3)51-33(46)32(55-56(16,17)41(13,14)15)27-50-30-21-19-28(20-22-30)31-25-29(45(43-31)24-18-23-42-34(47)52-38(4,5)6)26-44(35(48)53-39(7,8)9)36(49)54-40(10,11)12/h19-22,25,32H,18,23-24,26-27H2,1-17H3,(H,42,47)/t32-/m1/s1. The van der Waals surface area contributed by atoms with Gasteiger partial charge in [-0.2, -0.15) is 5.10 Å². The summed E-state index contributed by atoms with van der Waals surface area (Å²) in [5, 5.41) is 7.44. The molecule has 56 heavy (non-hydrogen) atoms. The van der Waals surface area contributed by atoms with E-state index in [-0.39, 0.29) is 18.2 Å². The summed E-state index contributed by atoms with van der Waals surface area (Å²) in [6, 6.07) is 8.97. The molecule has 0 unspecified atom stereocenters. The molecular weight excluding hydrogens is 737 g/mol. The Balaban J connectivity index is 2.43. The highest BCUT2D eigenvalue weighted by Crippen LogP contribution is 2.38. The van der Waals surface area contributed by atoms with E-state index in [1.54, 1.807) is 85.2 Å². The molecule has 316 valence electrons. The number of hydrogen-bond donors (Lipinski definition) is 1. The number of ether oxygens (including phenoxy) is 5. The van der Waals surface area contributed by atoms with Crippen molar-refractivity contribution in [3.8, 4) is 17.0 Å². The van der Waals surface area contributed by atoms with Crippen LogP contribution in [0.3, 0.4) is 0 Å². The van der Waals surface area contributed by atoms with Crippen LogP contribution in [0.1, 0.15) is 116 Å². The molecule has 14 nitrogen and oxygen atoms in total. The molecular formula is C41H68N4O10Si. The fraction of sp³-hybridized carbons (Fsp3) is 0.683. The third-order valence-corrected chi connectivity index (χ3v) is 12.6. The van der Waals surface area contributed by atoms with Crippen molar-refractivity contribution in [2.75, 3.05) is 13.2 Å². The Morgan fingerprint density at radius 1 is 0.750 bits per heavy atom. The third kappa shape index (κ3) is 16.9. The van der Waals surface area contributed by atoms with Gasteiger partial charge in [-0.1, -0.05) is 20.8 Å². The Labute approximate surface area is 335 Å². The maximum atomic E-state index is 13.4. The molecule has 1 aromatic carbocycles. The summed E-state index contributed by atoms with van der Waals surface area (Å²) in [5.41, 5.74) is -1.26. The Bertz CT molecular complexity index is 1610. The number of carbonyl (C=O) groups excluding carboxylic acids is 4. The number of aryl methyl sites for hydroxylation is 1. The van der Waals surface area contributed by atoms with Crippen molar-refractivity contribution in [2.45, 2.75) is 170 Å². The minimum atomic E-state index is -2.36. The van der Waals surface area contributed by atoms with Gasteiger partial charge < -0.3 is 33.4 Å². The highest BCUT2D eigenvalue weighted by molar-refractivity contribution is 6.74. The predicted octanol–water partition coefficient (Wildman–Crippen LogP) is 9.25. The van der Waals surface area contributed by atoms with Gasteiger partial charge in [0.1, 0.15) is 34.8 Å². The topological polar surface area (TPSA) is 157 Å². The van der Waals surface area contributed by atoms with Crippen LogP contribution in [0, 0.1) is 0 Å². The summed E-state index contributed by atoms with van der Waals surface area (Å²) in [6.45, 7) is 31.9. The number of esters is 1. The van der Waals surface area contributed by atoms with E-state index < -0.39 is 61.1 Å². The fourth-order valence-electron chi connectivity index (χ4n) is 4.59. The van der Waals surface area contributed by atoms with Gasteiger partial charge in [0, 0.05) is 18.7 Å². The molecule has 15 heteroatoms. The zero-order valence-electron chi connectivity index (χ0n) is 36.9. The second kappa shape index (κ2) is 18.4. The lowest BCUT2D eigenvalue weighted by atomic mass is 10.1. The third-order valence-electron chi connectivity index (χ3n) is 8.09. The van der Waals surface area contributed by atoms with Crippen LogP contribution >= 0.6 is 0 Å². The molecule has 3 amide bonds. The van der Waals surface area contributed by atoms with Gasteiger partial charge in [0.05, 0.1) is 17.9 Å². The van der Waals surface area contributed by atoms with Gasteiger partial charge in [-0.3, -0.25) is 4.68 Å². The number of rotatable bonds is 13. The van der Waals surface area contributed by atoms with Crippen LogP contribution in [0.25, 0.3) is 11.3 Å². The minimum absolute atomic E-state index is 0.0396. The first-order chi connectivity index (χ1) is 25.3. The van der Waals surface area contributed by atoms with E-state index in [1.807, 2.05) is 32.9 Å². The molecule has 0 saturated carbocycles. The second-order valence-electron chi connectivity index (χ2n) is 19.3. The van der Waals surface area contributed by atoms with E-state index in [2.05, 4.69) is 39.2 Å². The van der Waals surface area contributed by atoms with Gasteiger partial charge in [-0.25, -0.2) is 24.1 Å². The second-order valence-corrected chi connectivity index (χ2v) is 24.1. The van der Waals surface area contributed by atoms with Gasteiger partial charge in [-0.05, 0) is 138 Å². The van der Waals surface area contributed by atoms with E-state index in [0.717, 1.165) is 10.5 Å². The monoisotopic (exact) mass is 804 g/mol. The molecule has 1 heterocycles. The number of hydrogen-bond acceptors (Lipinski definition) is 11. The lowest BCUT2D eigenvalue weighted by Gasteiger charge is -2.39. The summed E-state index contributed by atoms with van der Waals surface area (Å²) in [6.07, 6.45) is -2.72. The molecule has 0 aliphatic carbocycles. The molecule has 0 fully saturated rings. The van der Waals surface area contributed by atoms with Crippen LogP contribution in [0.5, 0.6) is 5.75 Å². The number of imide groups is 1. The Hall–Kier alpha value is -4.11. The van der Waals surface area contributed by atoms with E-state index in [9.17, 15) is 19.2 Å². The van der Waals surface area contributed by atoms with Crippen LogP contribution in [0.4, 0.5) is 14.4 Å². The van der Waals surface area contributed by atoms with Crippen molar-refractivity contribution in [2.24, 2.45) is 0 Å². The summed E-state index contributed by atoms with van der Waals surface area (Å²) in [7, 11) is -2.36. The van der Waals surface area contributed by atoms with E-state index >= 15 is 0 Å². The first kappa shape index (κ1) is 48.0. The minimum Gasteiger partial charge on any atom is -0.490 e. The number of amides is 3. The van der Waals surface area contributed by atoms with Crippen molar-refractivity contribution < 1.29 is 47.3 Å². The van der Waals surface area contributed by atoms with Crippen LogP contribution in [0.2, 0.25) is 18.1 Å². The quantitative estimate of drug-likeness (QED) is 0.0891. The molecule has 0 aliphatic heterocycles. The predicted molar refractivity (Wildman–Crippen MR) is 218 cm³/mol. The van der Waals surface area contributed by atoms with Crippen LogP contribution in [-0.4, -0.2) is 88.9 Å². The van der Waals surface area contributed by atoms with Gasteiger partial charge in [0.25, 0.3) is 0 Å². The fourth-order valence-corrected chi connectivity index (χ4v) is 5.82. The first-order valence-electron chi connectivity index (χ1n) is 19.2. The average molecular weight is 805 g/mol. The molecule has 0 aliphatic rings. The molecule has 2 aromatic rings. The zero-order chi connectivity index (χ0) is 43.1. The summed E-state index contributed by atoms with van der Waals surface area (Å²) >= 11 is 0. The lowest BCUT2D eigenvalue weighted by molar-refractivity contribution is -0.165. The maximum absolute atomic E-state index is 13.4. The summed E-state index contributed by atoms with van der Waals surface area (Å²) in [5.74, 6) is 0.0279. The molecule has 0 radical (unpaired) electrons. The van der Waals surface area contributed by atoms with Gasteiger partial charge >= 0.3 is 24.2 Å². The Morgan fingerprint density at radius 3 is 1.71 bits per heavy atom. The number of carbonyl (C=O) groups is 4. The Morgan fingerprint density at radius 2 is 1.25 bits per heavy atom. The highest BCUT2D eigenvalue weighted by Gasteiger charge is 2.42. The molecule has 1 aromatic heterocycles. The van der Waals surface area contributed by atoms with E-state index in [1.165, 1.54) is 0 Å². The van der Waals surface area contributed by atoms with Crippen LogP contribution < -0.4 is 10.1 Å². The van der Waals surface area contributed by atoms with Crippen LogP contribution in [-0.2, 0) is 41.3 Å². The SMILES string of the molecule is CC(C)(C)OC(=O)NCCCn1nc(-c2ccc(OC[C@@H](O[Si](C)(C)C(C)(C)C)C(=O)OC(C)(C)C)cc2)cc1CN(C(=O)OC(C)(C)C)C(=O)OC(C)(C)C. The van der Waals surface area contributed by atoms with E-state index in [4.69, 9.17) is 33.2 Å². The lowest BCUT2D eigenvalue weighted by Crippen LogP contribution is -2.49. The van der Waals surface area contributed by atoms with Crippen molar-refractivity contribution >= 4 is 32.6 Å². The van der Waals surface area contributed by atoms with Crippen molar-refractivity contribution in [1.82, 2.24) is 20.0 Å². The first-order valence-corrected chi connectivity index (χ1v) is 22.1. The molecule has 1 N–H and O–H groups in total. The van der Waals surface area contributed by atoms with Crippen molar-refractivity contribution in [3.63, 3.8) is 0 Å². The summed E-state index contributed by atoms with van der Waals surface area (Å²) < 4.78 is 36.4. The van der Waals surface area contributed by atoms with Gasteiger partial charge in [0.15, 0.2) is 14.4 Å². The summed E-state index contributed by atoms with van der Waals surface area (Å²) in [4.78, 5) is 53.1. The van der Waals surface area contributed by atoms with Gasteiger partial charge in [-0.15, -0.1) is 0 Å². The molecule has 0 spiro atoms. The average Bonchev–Trinajstić information content (AvgIpc) is 3.38. The maximum Gasteiger partial charge on any atom is 0.420 e.